The number of nitrogens with zero attached hydrogens (tertiary/aromatic N) is 5. The zero-order chi connectivity index (χ0) is 17.2. The van der Waals surface area contributed by atoms with Crippen LogP contribution in [0.2, 0.25) is 0 Å². The van der Waals surface area contributed by atoms with Crippen LogP contribution in [0.15, 0.2) is 30.3 Å². The van der Waals surface area contributed by atoms with E-state index in [1.54, 1.807) is 11.3 Å². The molecule has 1 fully saturated rings. The van der Waals surface area contributed by atoms with Gasteiger partial charge in [0.2, 0.25) is 4.96 Å². The molecule has 2 aromatic heterocycles. The highest BCUT2D eigenvalue weighted by atomic mass is 32.1. The number of ether oxygens (including phenoxy) is 1. The number of hydrogen-bond acceptors (Lipinski definition) is 6. The number of fused-ring (bicyclic) bond motifs is 1. The van der Waals surface area contributed by atoms with Gasteiger partial charge in [0.1, 0.15) is 5.01 Å². The van der Waals surface area contributed by atoms with E-state index in [1.807, 2.05) is 4.52 Å². The summed E-state index contributed by atoms with van der Waals surface area (Å²) in [7, 11) is 0. The van der Waals surface area contributed by atoms with Crippen LogP contribution in [0.1, 0.15) is 36.2 Å². The van der Waals surface area contributed by atoms with Crippen molar-refractivity contribution in [2.75, 3.05) is 19.7 Å². The molecule has 0 unspecified atom stereocenters. The minimum atomic E-state index is 0.184. The first-order valence-electron chi connectivity index (χ1n) is 8.78. The van der Waals surface area contributed by atoms with Crippen molar-refractivity contribution >= 4 is 16.3 Å². The molecule has 6 nitrogen and oxygen atoms in total. The Morgan fingerprint density at radius 2 is 2.08 bits per heavy atom. The molecule has 132 valence electrons. The molecular formula is C18H23N5OS. The highest BCUT2D eigenvalue weighted by Crippen LogP contribution is 2.21. The van der Waals surface area contributed by atoms with Crippen molar-refractivity contribution < 1.29 is 4.74 Å². The summed E-state index contributed by atoms with van der Waals surface area (Å²) in [6.07, 6.45) is 1.01. The molecule has 0 spiro atoms. The Morgan fingerprint density at radius 3 is 2.88 bits per heavy atom. The van der Waals surface area contributed by atoms with Crippen LogP contribution < -0.4 is 0 Å². The summed E-state index contributed by atoms with van der Waals surface area (Å²) in [4.78, 5) is 3.33. The van der Waals surface area contributed by atoms with Crippen LogP contribution in [-0.4, -0.2) is 50.5 Å². The maximum absolute atomic E-state index is 5.98. The number of benzene rings is 1. The molecule has 1 aromatic carbocycles. The monoisotopic (exact) mass is 357 g/mol. The largest absolute Gasteiger partial charge is 0.375 e. The van der Waals surface area contributed by atoms with E-state index in [0.29, 0.717) is 5.92 Å². The fraction of sp³-hybridized carbons (Fsp3) is 0.500. The average Bonchev–Trinajstić information content (AvgIpc) is 3.16. The number of hydrogen-bond donors (Lipinski definition) is 0. The van der Waals surface area contributed by atoms with Gasteiger partial charge < -0.3 is 4.74 Å². The normalized spacial score (nSPS) is 19.1. The van der Waals surface area contributed by atoms with Crippen LogP contribution >= 0.6 is 11.3 Å². The summed E-state index contributed by atoms with van der Waals surface area (Å²) < 4.78 is 7.86. The average molecular weight is 357 g/mol. The zero-order valence-electron chi connectivity index (χ0n) is 14.6. The van der Waals surface area contributed by atoms with Gasteiger partial charge in [0.25, 0.3) is 0 Å². The van der Waals surface area contributed by atoms with Gasteiger partial charge in [0.15, 0.2) is 5.82 Å². The molecule has 1 aliphatic rings. The molecule has 3 heterocycles. The minimum absolute atomic E-state index is 0.184. The van der Waals surface area contributed by atoms with Crippen LogP contribution in [-0.2, 0) is 17.7 Å². The topological polar surface area (TPSA) is 55.5 Å². The molecule has 0 bridgehead atoms. The second-order valence-corrected chi connectivity index (χ2v) is 7.86. The summed E-state index contributed by atoms with van der Waals surface area (Å²) in [5, 5.41) is 14.2. The second-order valence-electron chi connectivity index (χ2n) is 6.82. The highest BCUT2D eigenvalue weighted by molar-refractivity contribution is 7.16. The first-order valence-corrected chi connectivity index (χ1v) is 9.59. The Bertz CT molecular complexity index is 828. The van der Waals surface area contributed by atoms with E-state index < -0.39 is 0 Å². The SMILES string of the molecule is CC(C)c1nnc2sc(C[C@@H]3CN(Cc4ccccc4)CCO3)nn12. The third-order valence-electron chi connectivity index (χ3n) is 4.45. The van der Waals surface area contributed by atoms with Crippen molar-refractivity contribution in [3.05, 3.63) is 46.7 Å². The van der Waals surface area contributed by atoms with E-state index in [-0.39, 0.29) is 6.10 Å². The van der Waals surface area contributed by atoms with E-state index >= 15 is 0 Å². The smallest absolute Gasteiger partial charge is 0.234 e. The lowest BCUT2D eigenvalue weighted by Gasteiger charge is -2.32. The molecule has 0 aliphatic carbocycles. The lowest BCUT2D eigenvalue weighted by Crippen LogP contribution is -2.42. The molecule has 4 rings (SSSR count). The number of aromatic nitrogens is 4. The quantitative estimate of drug-likeness (QED) is 0.703. The molecule has 0 radical (unpaired) electrons. The predicted molar refractivity (Wildman–Crippen MR) is 97.9 cm³/mol. The van der Waals surface area contributed by atoms with Crippen molar-refractivity contribution in [1.29, 1.82) is 0 Å². The Hall–Kier alpha value is -1.83. The van der Waals surface area contributed by atoms with Gasteiger partial charge in [-0.15, -0.1) is 10.2 Å². The van der Waals surface area contributed by atoms with Gasteiger partial charge in [-0.25, -0.2) is 0 Å². The molecule has 7 heteroatoms. The minimum Gasteiger partial charge on any atom is -0.375 e. The van der Waals surface area contributed by atoms with Crippen LogP contribution in [0.4, 0.5) is 0 Å². The van der Waals surface area contributed by atoms with Crippen LogP contribution in [0.3, 0.4) is 0 Å². The highest BCUT2D eigenvalue weighted by Gasteiger charge is 2.23. The van der Waals surface area contributed by atoms with E-state index in [9.17, 15) is 0 Å². The Balaban J connectivity index is 1.42. The summed E-state index contributed by atoms with van der Waals surface area (Å²) in [6.45, 7) is 7.89. The van der Waals surface area contributed by atoms with Crippen molar-refractivity contribution in [1.82, 2.24) is 24.7 Å². The molecule has 1 atom stereocenters. The Morgan fingerprint density at radius 1 is 1.24 bits per heavy atom. The van der Waals surface area contributed by atoms with Gasteiger partial charge in [-0.05, 0) is 5.56 Å². The van der Waals surface area contributed by atoms with Gasteiger partial charge in [-0.1, -0.05) is 55.5 Å². The molecule has 25 heavy (non-hydrogen) atoms. The molecule has 3 aromatic rings. The first kappa shape index (κ1) is 16.6. The fourth-order valence-electron chi connectivity index (χ4n) is 3.20. The summed E-state index contributed by atoms with van der Waals surface area (Å²) in [6, 6.07) is 10.6. The summed E-state index contributed by atoms with van der Waals surface area (Å²) in [5.41, 5.74) is 1.35. The van der Waals surface area contributed by atoms with Crippen LogP contribution in [0.25, 0.3) is 4.96 Å². The standard InChI is InChI=1S/C18H23N5OS/c1-13(2)17-19-20-18-23(17)21-16(25-18)10-15-12-22(8-9-24-15)11-14-6-4-3-5-7-14/h3-7,13,15H,8-12H2,1-2H3/t15-/m1/s1. The van der Waals surface area contributed by atoms with Crippen molar-refractivity contribution in [3.63, 3.8) is 0 Å². The third-order valence-corrected chi connectivity index (χ3v) is 5.37. The molecule has 0 amide bonds. The van der Waals surface area contributed by atoms with E-state index in [1.165, 1.54) is 5.56 Å². The number of morpholine rings is 1. The van der Waals surface area contributed by atoms with Gasteiger partial charge in [-0.2, -0.15) is 9.61 Å². The fourth-order valence-corrected chi connectivity index (χ4v) is 4.10. The van der Waals surface area contributed by atoms with Gasteiger partial charge >= 0.3 is 0 Å². The van der Waals surface area contributed by atoms with E-state index in [0.717, 1.165) is 48.5 Å². The maximum Gasteiger partial charge on any atom is 0.234 e. The van der Waals surface area contributed by atoms with Gasteiger partial charge in [-0.3, -0.25) is 4.90 Å². The van der Waals surface area contributed by atoms with Crippen molar-refractivity contribution in [2.45, 2.75) is 38.8 Å². The lowest BCUT2D eigenvalue weighted by molar-refractivity contribution is -0.0305. The molecule has 0 saturated carbocycles. The van der Waals surface area contributed by atoms with Crippen LogP contribution in [0.5, 0.6) is 0 Å². The zero-order valence-corrected chi connectivity index (χ0v) is 15.4. The summed E-state index contributed by atoms with van der Waals surface area (Å²) >= 11 is 1.61. The molecule has 1 saturated heterocycles. The number of rotatable bonds is 5. The third kappa shape index (κ3) is 3.73. The first-order chi connectivity index (χ1) is 12.2. The van der Waals surface area contributed by atoms with Gasteiger partial charge in [0.05, 0.1) is 12.7 Å². The van der Waals surface area contributed by atoms with Crippen molar-refractivity contribution in [2.24, 2.45) is 0 Å². The Kier molecular flexibility index (Phi) is 4.78. The molecular weight excluding hydrogens is 334 g/mol. The van der Waals surface area contributed by atoms with Crippen molar-refractivity contribution in [3.8, 4) is 0 Å². The van der Waals surface area contributed by atoms with E-state index in [2.05, 4.69) is 59.3 Å². The van der Waals surface area contributed by atoms with Gasteiger partial charge in [0, 0.05) is 32.0 Å². The lowest BCUT2D eigenvalue weighted by atomic mass is 10.1. The molecule has 0 N–H and O–H groups in total. The second kappa shape index (κ2) is 7.19. The maximum atomic E-state index is 5.98. The summed E-state index contributed by atoms with van der Waals surface area (Å²) in [5.74, 6) is 1.24. The Labute approximate surface area is 151 Å². The van der Waals surface area contributed by atoms with E-state index in [4.69, 9.17) is 9.84 Å². The van der Waals surface area contributed by atoms with Crippen LogP contribution in [0, 0.1) is 0 Å². The predicted octanol–water partition coefficient (Wildman–Crippen LogP) is 2.75. The molecule has 1 aliphatic heterocycles.